The predicted molar refractivity (Wildman–Crippen MR) is 102 cm³/mol. The molecule has 8 heteroatoms. The quantitative estimate of drug-likeness (QED) is 0.781. The molecule has 1 atom stereocenters. The molecule has 0 radical (unpaired) electrons. The fraction of sp³-hybridized carbons (Fsp3) is 0.263. The van der Waals surface area contributed by atoms with Gasteiger partial charge in [0.1, 0.15) is 11.0 Å². The van der Waals surface area contributed by atoms with E-state index in [0.29, 0.717) is 25.1 Å². The first kappa shape index (κ1) is 17.6. The summed E-state index contributed by atoms with van der Waals surface area (Å²) in [5, 5.41) is 3.14. The second-order valence-electron chi connectivity index (χ2n) is 6.44. The minimum atomic E-state index is -0.616. The summed E-state index contributed by atoms with van der Waals surface area (Å²) in [6, 6.07) is 4.93. The van der Waals surface area contributed by atoms with Crippen LogP contribution < -0.4 is 11.1 Å². The van der Waals surface area contributed by atoms with Gasteiger partial charge in [-0.05, 0) is 24.1 Å². The number of fused-ring (bicyclic) bond motifs is 1. The van der Waals surface area contributed by atoms with Gasteiger partial charge in [0.05, 0.1) is 0 Å². The van der Waals surface area contributed by atoms with E-state index in [9.17, 15) is 14.4 Å². The maximum atomic E-state index is 12.9. The second-order valence-corrected chi connectivity index (χ2v) is 7.50. The van der Waals surface area contributed by atoms with Crippen LogP contribution in [-0.4, -0.2) is 40.2 Å². The molecule has 7 nitrogen and oxygen atoms in total. The number of benzene rings is 1. The maximum Gasteiger partial charge on any atom is 0.255 e. The van der Waals surface area contributed by atoms with Crippen LogP contribution in [-0.2, 0) is 16.1 Å². The lowest BCUT2D eigenvalue weighted by molar-refractivity contribution is -0.136. The lowest BCUT2D eigenvalue weighted by atomic mass is 10.0. The number of nitrogens with one attached hydrogen (secondary N) is 1. The van der Waals surface area contributed by atoms with Gasteiger partial charge in [-0.1, -0.05) is 18.2 Å². The zero-order chi connectivity index (χ0) is 19.0. The smallest absolute Gasteiger partial charge is 0.255 e. The van der Waals surface area contributed by atoms with E-state index in [4.69, 9.17) is 5.73 Å². The summed E-state index contributed by atoms with van der Waals surface area (Å²) >= 11 is 1.52. The zero-order valence-corrected chi connectivity index (χ0v) is 15.3. The van der Waals surface area contributed by atoms with Crippen molar-refractivity contribution in [1.29, 1.82) is 0 Å². The fourth-order valence-electron chi connectivity index (χ4n) is 3.46. The van der Waals surface area contributed by atoms with Gasteiger partial charge in [0.15, 0.2) is 0 Å². The number of nitrogens with two attached hydrogens (primary N) is 1. The lowest BCUT2D eigenvalue weighted by Gasteiger charge is -2.29. The molecule has 1 fully saturated rings. The van der Waals surface area contributed by atoms with Gasteiger partial charge in [-0.25, -0.2) is 4.98 Å². The number of amides is 3. The Morgan fingerprint density at radius 2 is 2.11 bits per heavy atom. The first-order valence-corrected chi connectivity index (χ1v) is 9.49. The van der Waals surface area contributed by atoms with E-state index in [-0.39, 0.29) is 18.2 Å². The van der Waals surface area contributed by atoms with Crippen molar-refractivity contribution in [3.8, 4) is 10.6 Å². The maximum absolute atomic E-state index is 12.9. The first-order chi connectivity index (χ1) is 13.1. The summed E-state index contributed by atoms with van der Waals surface area (Å²) in [6.45, 7) is 0.799. The highest BCUT2D eigenvalue weighted by Crippen LogP contribution is 2.36. The number of carbonyl (C=O) groups is 3. The molecule has 1 unspecified atom stereocenters. The van der Waals surface area contributed by atoms with E-state index in [1.165, 1.54) is 11.3 Å². The number of thiazole rings is 1. The van der Waals surface area contributed by atoms with Crippen LogP contribution in [0.3, 0.4) is 0 Å². The van der Waals surface area contributed by atoms with Crippen LogP contribution in [0.4, 0.5) is 0 Å². The molecule has 1 aromatic carbocycles. The third-order valence-electron chi connectivity index (χ3n) is 4.75. The van der Waals surface area contributed by atoms with Crippen molar-refractivity contribution in [1.82, 2.24) is 15.2 Å². The predicted octanol–water partition coefficient (Wildman–Crippen LogP) is 1.54. The van der Waals surface area contributed by atoms with Crippen LogP contribution in [0.25, 0.3) is 16.6 Å². The molecule has 3 N–H and O–H groups in total. The highest BCUT2D eigenvalue weighted by Gasteiger charge is 2.40. The minimum Gasteiger partial charge on any atom is -0.327 e. The standard InChI is InChI=1S/C19H18N4O3S/c20-8-2-3-11-9-21-18(27-11)12-4-1-5-13-14(12)10-23(19(13)26)15-6-7-16(24)22-17(15)25/h1-5,9,15H,6-8,10,20H2,(H,22,24,25)/b3-2+. The van der Waals surface area contributed by atoms with Crippen molar-refractivity contribution < 1.29 is 14.4 Å². The third kappa shape index (κ3) is 3.17. The normalized spacial score (nSPS) is 19.7. The molecule has 0 bridgehead atoms. The molecule has 27 heavy (non-hydrogen) atoms. The topological polar surface area (TPSA) is 105 Å². The summed E-state index contributed by atoms with van der Waals surface area (Å²) in [6.07, 6.45) is 6.16. The van der Waals surface area contributed by atoms with Crippen molar-refractivity contribution in [3.05, 3.63) is 46.5 Å². The fourth-order valence-corrected chi connectivity index (χ4v) is 4.36. The Bertz CT molecular complexity index is 966. The van der Waals surface area contributed by atoms with Crippen molar-refractivity contribution in [2.75, 3.05) is 6.54 Å². The van der Waals surface area contributed by atoms with Crippen LogP contribution in [0.15, 0.2) is 30.5 Å². The van der Waals surface area contributed by atoms with Crippen LogP contribution in [0.2, 0.25) is 0 Å². The van der Waals surface area contributed by atoms with Crippen LogP contribution >= 0.6 is 11.3 Å². The molecule has 3 amide bonds. The van der Waals surface area contributed by atoms with Gasteiger partial charge in [0, 0.05) is 41.7 Å². The summed E-state index contributed by atoms with van der Waals surface area (Å²) in [5.41, 5.74) is 7.85. The monoisotopic (exact) mass is 382 g/mol. The van der Waals surface area contributed by atoms with Gasteiger partial charge in [-0.15, -0.1) is 11.3 Å². The Morgan fingerprint density at radius 3 is 2.89 bits per heavy atom. The zero-order valence-electron chi connectivity index (χ0n) is 14.5. The van der Waals surface area contributed by atoms with Gasteiger partial charge >= 0.3 is 0 Å². The number of imide groups is 1. The third-order valence-corrected chi connectivity index (χ3v) is 5.75. The van der Waals surface area contributed by atoms with Gasteiger partial charge in [-0.3, -0.25) is 19.7 Å². The Kier molecular flexibility index (Phi) is 4.59. The Balaban J connectivity index is 1.65. The van der Waals surface area contributed by atoms with Gasteiger partial charge in [0.2, 0.25) is 11.8 Å². The second kappa shape index (κ2) is 7.05. The van der Waals surface area contributed by atoms with Crippen molar-refractivity contribution >= 4 is 35.1 Å². The molecule has 3 heterocycles. The molecule has 2 aromatic rings. The first-order valence-electron chi connectivity index (χ1n) is 8.68. The summed E-state index contributed by atoms with van der Waals surface area (Å²) in [7, 11) is 0. The molecule has 138 valence electrons. The number of nitrogens with zero attached hydrogens (tertiary/aromatic N) is 2. The number of piperidine rings is 1. The lowest BCUT2D eigenvalue weighted by Crippen LogP contribution is -2.52. The molecule has 0 aliphatic carbocycles. The number of hydrogen-bond acceptors (Lipinski definition) is 6. The molecular weight excluding hydrogens is 364 g/mol. The minimum absolute atomic E-state index is 0.179. The molecule has 2 aliphatic rings. The summed E-state index contributed by atoms with van der Waals surface area (Å²) in [5.74, 6) is -0.875. The van der Waals surface area contributed by atoms with E-state index in [0.717, 1.165) is 21.0 Å². The average molecular weight is 382 g/mol. The van der Waals surface area contributed by atoms with Crippen LogP contribution in [0.1, 0.15) is 33.6 Å². The Morgan fingerprint density at radius 1 is 1.30 bits per heavy atom. The van der Waals surface area contributed by atoms with Gasteiger partial charge < -0.3 is 10.6 Å². The highest BCUT2D eigenvalue weighted by molar-refractivity contribution is 7.15. The Labute approximate surface area is 159 Å². The molecule has 0 spiro atoms. The number of rotatable bonds is 4. The van der Waals surface area contributed by atoms with Gasteiger partial charge in [-0.2, -0.15) is 0 Å². The van der Waals surface area contributed by atoms with Crippen LogP contribution in [0, 0.1) is 0 Å². The van der Waals surface area contributed by atoms with Crippen molar-refractivity contribution in [3.63, 3.8) is 0 Å². The molecule has 0 saturated carbocycles. The number of aromatic nitrogens is 1. The van der Waals surface area contributed by atoms with Crippen molar-refractivity contribution in [2.24, 2.45) is 5.73 Å². The van der Waals surface area contributed by atoms with E-state index in [1.54, 1.807) is 17.2 Å². The SMILES string of the molecule is NC/C=C/c1cnc(-c2cccc3c2CN(C2CCC(=O)NC2=O)C3=O)s1. The highest BCUT2D eigenvalue weighted by atomic mass is 32.1. The average Bonchev–Trinajstić information content (AvgIpc) is 3.25. The summed E-state index contributed by atoms with van der Waals surface area (Å²) < 4.78 is 0. The number of hydrogen-bond donors (Lipinski definition) is 2. The molecule has 4 rings (SSSR count). The van der Waals surface area contributed by atoms with E-state index >= 15 is 0 Å². The Hall–Kier alpha value is -2.84. The van der Waals surface area contributed by atoms with Gasteiger partial charge in [0.25, 0.3) is 5.91 Å². The number of carbonyl (C=O) groups excluding carboxylic acids is 3. The summed E-state index contributed by atoms with van der Waals surface area (Å²) in [4.78, 5) is 43.5. The van der Waals surface area contributed by atoms with E-state index in [1.807, 2.05) is 24.3 Å². The van der Waals surface area contributed by atoms with E-state index in [2.05, 4.69) is 10.3 Å². The largest absolute Gasteiger partial charge is 0.327 e. The van der Waals surface area contributed by atoms with Crippen LogP contribution in [0.5, 0.6) is 0 Å². The molecular formula is C19H18N4O3S. The van der Waals surface area contributed by atoms with E-state index < -0.39 is 11.9 Å². The molecule has 2 aliphatic heterocycles. The molecule has 1 aromatic heterocycles. The van der Waals surface area contributed by atoms with Crippen molar-refractivity contribution in [2.45, 2.75) is 25.4 Å². The molecule has 1 saturated heterocycles.